The molecule has 0 spiro atoms. The number of aromatic nitrogens is 2. The second-order valence-electron chi connectivity index (χ2n) is 12.5. The van der Waals surface area contributed by atoms with Gasteiger partial charge in [0.2, 0.25) is 0 Å². The van der Waals surface area contributed by atoms with E-state index < -0.39 is 0 Å². The normalized spacial score (nSPS) is 12.5. The predicted octanol–water partition coefficient (Wildman–Crippen LogP) is 8.46. The van der Waals surface area contributed by atoms with Crippen molar-refractivity contribution in [3.05, 3.63) is 164 Å². The number of nitrogens with zero attached hydrogens (tertiary/aromatic N) is 5. The molecule has 1 aliphatic rings. The van der Waals surface area contributed by atoms with E-state index in [9.17, 15) is 9.59 Å². The Morgan fingerprint density at radius 1 is 0.627 bits per heavy atom. The van der Waals surface area contributed by atoms with Crippen LogP contribution in [-0.2, 0) is 32.7 Å². The fourth-order valence-electron chi connectivity index (χ4n) is 6.34. The number of hydrogen-bond donors (Lipinski definition) is 0. The lowest BCUT2D eigenvalue weighted by Crippen LogP contribution is -2.30. The number of ether oxygens (including phenoxy) is 1. The average molecular weight is 714 g/mol. The Kier molecular flexibility index (Phi) is 11.2. The summed E-state index contributed by atoms with van der Waals surface area (Å²) in [5, 5.41) is 4.23. The third-order valence-corrected chi connectivity index (χ3v) is 10.4. The van der Waals surface area contributed by atoms with E-state index >= 15 is 0 Å². The van der Waals surface area contributed by atoms with E-state index in [4.69, 9.17) is 9.72 Å². The first kappa shape index (κ1) is 34.3. The number of fused-ring (bicyclic) bond motifs is 1. The molecule has 0 atom stereocenters. The lowest BCUT2D eigenvalue weighted by Gasteiger charge is -2.25. The second-order valence-corrected chi connectivity index (χ2v) is 14.6. The first-order valence-corrected chi connectivity index (χ1v) is 18.9. The van der Waals surface area contributed by atoms with Gasteiger partial charge in [0.15, 0.2) is 0 Å². The number of thiophene rings is 2. The first-order valence-electron chi connectivity index (χ1n) is 17.1. The van der Waals surface area contributed by atoms with Gasteiger partial charge >= 0.3 is 0 Å². The molecule has 8 nitrogen and oxygen atoms in total. The van der Waals surface area contributed by atoms with Crippen molar-refractivity contribution < 1.29 is 14.3 Å². The summed E-state index contributed by atoms with van der Waals surface area (Å²) in [5.74, 6) is 1.29. The smallest absolute Gasteiger partial charge is 0.261 e. The summed E-state index contributed by atoms with van der Waals surface area (Å²) in [4.78, 5) is 43.6. The second kappa shape index (κ2) is 16.7. The number of anilines is 1. The summed E-state index contributed by atoms with van der Waals surface area (Å²) in [6.07, 6.45) is 5.05. The molecule has 258 valence electrons. The number of pyridine rings is 2. The maximum Gasteiger partial charge on any atom is 0.261 e. The Hall–Kier alpha value is -5.16. The maximum absolute atomic E-state index is 12.8. The molecule has 5 heterocycles. The van der Waals surface area contributed by atoms with E-state index in [0.29, 0.717) is 50.2 Å². The zero-order chi connectivity index (χ0) is 34.8. The van der Waals surface area contributed by atoms with Crippen LogP contribution in [0.25, 0.3) is 0 Å². The largest absolute Gasteiger partial charge is 0.494 e. The highest BCUT2D eigenvalue weighted by atomic mass is 32.1. The van der Waals surface area contributed by atoms with Crippen molar-refractivity contribution in [2.75, 3.05) is 18.1 Å². The number of rotatable bonds is 17. The van der Waals surface area contributed by atoms with Gasteiger partial charge in [-0.3, -0.25) is 24.4 Å². The summed E-state index contributed by atoms with van der Waals surface area (Å²) in [7, 11) is 0. The van der Waals surface area contributed by atoms with Gasteiger partial charge in [0.05, 0.1) is 30.0 Å². The lowest BCUT2D eigenvalue weighted by atomic mass is 10.1. The van der Waals surface area contributed by atoms with Gasteiger partial charge < -0.3 is 9.64 Å². The fraction of sp³-hybridized carbons (Fsp3) is 0.220. The van der Waals surface area contributed by atoms with E-state index in [1.807, 2.05) is 36.7 Å². The molecule has 0 unspecified atom stereocenters. The monoisotopic (exact) mass is 713 g/mol. The average Bonchev–Trinajstić information content (AvgIpc) is 3.92. The van der Waals surface area contributed by atoms with Gasteiger partial charge in [-0.25, -0.2) is 4.98 Å². The van der Waals surface area contributed by atoms with Gasteiger partial charge in [0.1, 0.15) is 11.6 Å². The van der Waals surface area contributed by atoms with Crippen LogP contribution in [0.2, 0.25) is 0 Å². The predicted molar refractivity (Wildman–Crippen MR) is 203 cm³/mol. The summed E-state index contributed by atoms with van der Waals surface area (Å²) in [6, 6.07) is 34.2. The van der Waals surface area contributed by atoms with Gasteiger partial charge in [0, 0.05) is 54.9 Å². The van der Waals surface area contributed by atoms with Crippen LogP contribution in [0.4, 0.5) is 5.82 Å². The standard InChI is InChI=1S/C41H39N5O3S2/c47-40-37-14-1-2-15-38(37)41(48)46(40)19-7-8-20-49-34-24-31(26-44(29-35-12-9-21-50-35)28-33-11-3-5-17-42-33)23-32(25-34)27-45(30-36-13-10-22-51-36)39-16-4-6-18-43-39/h1-6,9-18,21-25H,7-8,19-20,26-30H2. The molecule has 0 bridgehead atoms. The number of benzene rings is 2. The topological polar surface area (TPSA) is 78.9 Å². The van der Waals surface area contributed by atoms with Gasteiger partial charge in [-0.05, 0) is 95.4 Å². The Morgan fingerprint density at radius 2 is 1.29 bits per heavy atom. The number of amides is 2. The number of imide groups is 1. The summed E-state index contributed by atoms with van der Waals surface area (Å²) in [6.45, 7) is 4.49. The molecule has 6 aromatic rings. The summed E-state index contributed by atoms with van der Waals surface area (Å²) >= 11 is 3.51. The molecule has 7 rings (SSSR count). The Labute approximate surface area is 306 Å². The van der Waals surface area contributed by atoms with Gasteiger partial charge in [-0.2, -0.15) is 0 Å². The third-order valence-electron chi connectivity index (χ3n) is 8.70. The molecule has 51 heavy (non-hydrogen) atoms. The molecular weight excluding hydrogens is 675 g/mol. The minimum atomic E-state index is -0.216. The molecule has 2 aromatic carbocycles. The van der Waals surface area contributed by atoms with Gasteiger partial charge in [-0.1, -0.05) is 42.5 Å². The first-order chi connectivity index (χ1) is 25.1. The highest BCUT2D eigenvalue weighted by molar-refractivity contribution is 7.10. The SMILES string of the molecule is O=C1c2ccccc2C(=O)N1CCCCOc1cc(CN(Cc2ccccn2)Cc2cccs2)cc(CN(Cc2cccs2)c2ccccn2)c1. The highest BCUT2D eigenvalue weighted by Gasteiger charge is 2.34. The third kappa shape index (κ3) is 8.96. The van der Waals surface area contributed by atoms with E-state index in [2.05, 4.69) is 80.1 Å². The molecule has 4 aromatic heterocycles. The Balaban J connectivity index is 1.09. The van der Waals surface area contributed by atoms with Gasteiger partial charge in [-0.15, -0.1) is 22.7 Å². The highest BCUT2D eigenvalue weighted by Crippen LogP contribution is 2.27. The van der Waals surface area contributed by atoms with E-state index in [0.717, 1.165) is 48.0 Å². The summed E-state index contributed by atoms with van der Waals surface area (Å²) < 4.78 is 6.42. The number of hydrogen-bond acceptors (Lipinski definition) is 9. The Bertz CT molecular complexity index is 1990. The van der Waals surface area contributed by atoms with E-state index in [1.54, 1.807) is 46.9 Å². The van der Waals surface area contributed by atoms with Crippen LogP contribution >= 0.6 is 22.7 Å². The van der Waals surface area contributed by atoms with Crippen LogP contribution in [0.15, 0.2) is 126 Å². The molecule has 0 radical (unpaired) electrons. The van der Waals surface area contributed by atoms with Crippen molar-refractivity contribution in [3.63, 3.8) is 0 Å². The van der Waals surface area contributed by atoms with Crippen molar-refractivity contribution in [2.24, 2.45) is 0 Å². The van der Waals surface area contributed by atoms with Crippen LogP contribution in [0.3, 0.4) is 0 Å². The van der Waals surface area contributed by atoms with Crippen LogP contribution < -0.4 is 9.64 Å². The van der Waals surface area contributed by atoms with Crippen LogP contribution in [0.5, 0.6) is 5.75 Å². The van der Waals surface area contributed by atoms with E-state index in [1.165, 1.54) is 14.7 Å². The Morgan fingerprint density at radius 3 is 1.94 bits per heavy atom. The molecule has 0 N–H and O–H groups in total. The lowest BCUT2D eigenvalue weighted by molar-refractivity contribution is 0.0649. The number of carbonyl (C=O) groups is 2. The molecule has 2 amide bonds. The fourth-order valence-corrected chi connectivity index (χ4v) is 7.80. The minimum absolute atomic E-state index is 0.216. The molecule has 0 saturated carbocycles. The minimum Gasteiger partial charge on any atom is -0.494 e. The van der Waals surface area contributed by atoms with Crippen molar-refractivity contribution >= 4 is 40.3 Å². The molecule has 1 aliphatic heterocycles. The maximum atomic E-state index is 12.8. The van der Waals surface area contributed by atoms with Crippen LogP contribution in [0.1, 0.15) is 60.1 Å². The molecule has 10 heteroatoms. The van der Waals surface area contributed by atoms with Crippen molar-refractivity contribution in [1.82, 2.24) is 19.8 Å². The van der Waals surface area contributed by atoms with Crippen molar-refractivity contribution in [1.29, 1.82) is 0 Å². The number of carbonyl (C=O) groups excluding carboxylic acids is 2. The summed E-state index contributed by atoms with van der Waals surface area (Å²) in [5.41, 5.74) is 4.27. The van der Waals surface area contributed by atoms with Crippen LogP contribution in [-0.4, -0.2) is 44.7 Å². The molecule has 0 saturated heterocycles. The molecule has 0 fully saturated rings. The molecule has 0 aliphatic carbocycles. The van der Waals surface area contributed by atoms with E-state index in [-0.39, 0.29) is 11.8 Å². The van der Waals surface area contributed by atoms with Crippen molar-refractivity contribution in [2.45, 2.75) is 45.6 Å². The quantitative estimate of drug-likeness (QED) is 0.0694. The molecular formula is C41H39N5O3S2. The van der Waals surface area contributed by atoms with Crippen molar-refractivity contribution in [3.8, 4) is 5.75 Å². The van der Waals surface area contributed by atoms with Crippen LogP contribution in [0, 0.1) is 0 Å². The van der Waals surface area contributed by atoms with Gasteiger partial charge in [0.25, 0.3) is 11.8 Å². The zero-order valence-electron chi connectivity index (χ0n) is 28.3. The zero-order valence-corrected chi connectivity index (χ0v) is 29.9. The number of unbranched alkanes of at least 4 members (excludes halogenated alkanes) is 1.